The minimum Gasteiger partial charge on any atom is -0.393 e. The first-order valence-corrected chi connectivity index (χ1v) is 8.47. The van der Waals surface area contributed by atoms with E-state index in [0.29, 0.717) is 12.0 Å². The summed E-state index contributed by atoms with van der Waals surface area (Å²) in [5.74, 6) is 2.87. The minimum absolute atomic E-state index is 0.207. The quantitative estimate of drug-likeness (QED) is 0.842. The lowest BCUT2D eigenvalue weighted by atomic mass is 9.77. The van der Waals surface area contributed by atoms with Crippen molar-refractivity contribution in [3.63, 3.8) is 0 Å². The Kier molecular flexibility index (Phi) is 4.86. The SMILES string of the molecule is C#CC1(NC2CCC(O)CC2)CC(c2ccccc2)=CC=C1C#N. The molecule has 0 bridgehead atoms. The molecule has 24 heavy (non-hydrogen) atoms. The molecule has 2 aliphatic rings. The van der Waals surface area contributed by atoms with Crippen LogP contribution in [-0.4, -0.2) is 22.8 Å². The second kappa shape index (κ2) is 7.05. The van der Waals surface area contributed by atoms with Crippen molar-refractivity contribution in [2.24, 2.45) is 0 Å². The molecule has 0 spiro atoms. The van der Waals surface area contributed by atoms with Gasteiger partial charge in [0, 0.05) is 12.5 Å². The normalized spacial score (nSPS) is 29.8. The highest BCUT2D eigenvalue weighted by atomic mass is 16.3. The number of nitrogens with one attached hydrogen (secondary N) is 1. The Balaban J connectivity index is 1.86. The molecule has 0 heterocycles. The number of terminal acetylenes is 1. The Bertz CT molecular complexity index is 727. The van der Waals surface area contributed by atoms with E-state index in [-0.39, 0.29) is 12.1 Å². The number of nitriles is 1. The Hall–Kier alpha value is -2.33. The van der Waals surface area contributed by atoms with Crippen molar-refractivity contribution in [1.29, 1.82) is 5.26 Å². The lowest BCUT2D eigenvalue weighted by molar-refractivity contribution is 0.113. The number of hydrogen-bond acceptors (Lipinski definition) is 3. The van der Waals surface area contributed by atoms with Crippen LogP contribution in [0.15, 0.2) is 48.1 Å². The van der Waals surface area contributed by atoms with Crippen LogP contribution in [0.1, 0.15) is 37.7 Å². The van der Waals surface area contributed by atoms with E-state index in [2.05, 4.69) is 29.4 Å². The molecule has 2 N–H and O–H groups in total. The average Bonchev–Trinajstić information content (AvgIpc) is 2.64. The van der Waals surface area contributed by atoms with Gasteiger partial charge in [0.15, 0.2) is 0 Å². The van der Waals surface area contributed by atoms with E-state index < -0.39 is 5.54 Å². The van der Waals surface area contributed by atoms with E-state index in [9.17, 15) is 10.4 Å². The second-order valence-electron chi connectivity index (χ2n) is 6.63. The summed E-state index contributed by atoms with van der Waals surface area (Å²) in [5, 5.41) is 22.8. The summed E-state index contributed by atoms with van der Waals surface area (Å²) in [7, 11) is 0. The zero-order chi connectivity index (χ0) is 17.0. The van der Waals surface area contributed by atoms with Crippen molar-refractivity contribution in [3.05, 3.63) is 53.6 Å². The Morgan fingerprint density at radius 2 is 1.83 bits per heavy atom. The van der Waals surface area contributed by atoms with Crippen molar-refractivity contribution in [1.82, 2.24) is 5.32 Å². The number of benzene rings is 1. The third-order valence-corrected chi connectivity index (χ3v) is 5.03. The Labute approximate surface area is 143 Å². The van der Waals surface area contributed by atoms with Crippen molar-refractivity contribution in [3.8, 4) is 18.4 Å². The molecular formula is C21H22N2O. The largest absolute Gasteiger partial charge is 0.393 e. The molecule has 1 aromatic carbocycles. The fraction of sp³-hybridized carbons (Fsp3) is 0.381. The van der Waals surface area contributed by atoms with Gasteiger partial charge in [-0.05, 0) is 42.9 Å². The van der Waals surface area contributed by atoms with Gasteiger partial charge >= 0.3 is 0 Å². The first-order valence-electron chi connectivity index (χ1n) is 8.47. The van der Waals surface area contributed by atoms with Crippen LogP contribution in [0.5, 0.6) is 0 Å². The molecule has 0 aromatic heterocycles. The summed E-state index contributed by atoms with van der Waals surface area (Å²) < 4.78 is 0. The number of aliphatic hydroxyl groups excluding tert-OH is 1. The van der Waals surface area contributed by atoms with Gasteiger partial charge in [-0.3, -0.25) is 5.32 Å². The maximum atomic E-state index is 9.70. The van der Waals surface area contributed by atoms with Crippen LogP contribution < -0.4 is 5.32 Å². The summed E-state index contributed by atoms with van der Waals surface area (Å²) in [6, 6.07) is 12.6. The summed E-state index contributed by atoms with van der Waals surface area (Å²) >= 11 is 0. The zero-order valence-corrected chi connectivity index (χ0v) is 13.7. The maximum Gasteiger partial charge on any atom is 0.119 e. The number of aliphatic hydroxyl groups is 1. The van der Waals surface area contributed by atoms with Gasteiger partial charge in [0.2, 0.25) is 0 Å². The molecule has 3 heteroatoms. The van der Waals surface area contributed by atoms with E-state index in [1.807, 2.05) is 30.4 Å². The van der Waals surface area contributed by atoms with Gasteiger partial charge in [-0.2, -0.15) is 5.26 Å². The van der Waals surface area contributed by atoms with E-state index >= 15 is 0 Å². The number of nitrogens with zero attached hydrogens (tertiary/aromatic N) is 1. The molecule has 3 rings (SSSR count). The first-order chi connectivity index (χ1) is 11.7. The fourth-order valence-electron chi connectivity index (χ4n) is 3.62. The van der Waals surface area contributed by atoms with Crippen molar-refractivity contribution >= 4 is 5.57 Å². The molecule has 122 valence electrons. The lowest BCUT2D eigenvalue weighted by Gasteiger charge is -2.38. The average molecular weight is 318 g/mol. The van der Waals surface area contributed by atoms with Crippen molar-refractivity contribution in [2.45, 2.75) is 49.8 Å². The first kappa shape index (κ1) is 16.5. The van der Waals surface area contributed by atoms with Gasteiger partial charge < -0.3 is 5.11 Å². The molecule has 0 radical (unpaired) electrons. The molecular weight excluding hydrogens is 296 g/mol. The van der Waals surface area contributed by atoms with Gasteiger partial charge in [-0.1, -0.05) is 42.3 Å². The predicted molar refractivity (Wildman–Crippen MR) is 95.7 cm³/mol. The summed E-state index contributed by atoms with van der Waals surface area (Å²) in [6.45, 7) is 0. The molecule has 1 atom stereocenters. The maximum absolute atomic E-state index is 9.70. The van der Waals surface area contributed by atoms with Gasteiger partial charge in [-0.25, -0.2) is 0 Å². The van der Waals surface area contributed by atoms with Gasteiger partial charge in [0.25, 0.3) is 0 Å². The van der Waals surface area contributed by atoms with Crippen LogP contribution in [0, 0.1) is 23.7 Å². The number of rotatable bonds is 3. The van der Waals surface area contributed by atoms with E-state index in [1.54, 1.807) is 0 Å². The Morgan fingerprint density at radius 1 is 1.12 bits per heavy atom. The third-order valence-electron chi connectivity index (χ3n) is 5.03. The molecule has 0 saturated heterocycles. The van der Waals surface area contributed by atoms with Gasteiger partial charge in [0.1, 0.15) is 5.54 Å². The standard InChI is InChI=1S/C21H22N2O/c1-2-21(23-19-10-12-20(24)13-11-19)14-17(8-9-18(21)15-22)16-6-4-3-5-7-16/h1,3-9,19-20,23-24H,10-14H2. The topological polar surface area (TPSA) is 56.0 Å². The van der Waals surface area contributed by atoms with Crippen LogP contribution in [0.4, 0.5) is 0 Å². The molecule has 2 aliphatic carbocycles. The second-order valence-corrected chi connectivity index (χ2v) is 6.63. The molecule has 1 fully saturated rings. The van der Waals surface area contributed by atoms with Crippen molar-refractivity contribution < 1.29 is 5.11 Å². The van der Waals surface area contributed by atoms with E-state index in [4.69, 9.17) is 6.42 Å². The summed E-state index contributed by atoms with van der Waals surface area (Å²) in [6.07, 6.45) is 13.5. The highest BCUT2D eigenvalue weighted by Crippen LogP contribution is 2.35. The number of allylic oxidation sites excluding steroid dienone is 2. The molecule has 0 amide bonds. The fourth-order valence-corrected chi connectivity index (χ4v) is 3.62. The van der Waals surface area contributed by atoms with Crippen LogP contribution in [-0.2, 0) is 0 Å². The van der Waals surface area contributed by atoms with Crippen LogP contribution in [0.3, 0.4) is 0 Å². The van der Waals surface area contributed by atoms with Crippen LogP contribution >= 0.6 is 0 Å². The van der Waals surface area contributed by atoms with Crippen LogP contribution in [0.25, 0.3) is 5.57 Å². The lowest BCUT2D eigenvalue weighted by Crippen LogP contribution is -2.52. The minimum atomic E-state index is -0.762. The molecule has 1 saturated carbocycles. The molecule has 0 aliphatic heterocycles. The predicted octanol–water partition coefficient (Wildman–Crippen LogP) is 3.19. The highest BCUT2D eigenvalue weighted by molar-refractivity contribution is 5.73. The summed E-state index contributed by atoms with van der Waals surface area (Å²) in [5.41, 5.74) is 2.10. The number of hydrogen-bond donors (Lipinski definition) is 2. The highest BCUT2D eigenvalue weighted by Gasteiger charge is 2.38. The molecule has 1 aromatic rings. The molecule has 1 unspecified atom stereocenters. The monoisotopic (exact) mass is 318 g/mol. The third kappa shape index (κ3) is 3.29. The van der Waals surface area contributed by atoms with E-state index in [1.165, 1.54) is 0 Å². The van der Waals surface area contributed by atoms with Crippen LogP contribution in [0.2, 0.25) is 0 Å². The van der Waals surface area contributed by atoms with Crippen molar-refractivity contribution in [2.75, 3.05) is 0 Å². The summed E-state index contributed by atoms with van der Waals surface area (Å²) in [4.78, 5) is 0. The smallest absolute Gasteiger partial charge is 0.119 e. The van der Waals surface area contributed by atoms with E-state index in [0.717, 1.165) is 36.8 Å². The molecule has 3 nitrogen and oxygen atoms in total. The van der Waals surface area contributed by atoms with Gasteiger partial charge in [0.05, 0.1) is 17.7 Å². The Morgan fingerprint density at radius 3 is 2.46 bits per heavy atom. The zero-order valence-electron chi connectivity index (χ0n) is 13.7. The van der Waals surface area contributed by atoms with Gasteiger partial charge in [-0.15, -0.1) is 6.42 Å².